The van der Waals surface area contributed by atoms with Gasteiger partial charge in [-0.05, 0) is 42.3 Å². The molecule has 1 heterocycles. The predicted molar refractivity (Wildman–Crippen MR) is 127 cm³/mol. The second kappa shape index (κ2) is 9.53. The lowest BCUT2D eigenvalue weighted by Gasteiger charge is -2.11. The number of benzene rings is 3. The van der Waals surface area contributed by atoms with Gasteiger partial charge in [-0.3, -0.25) is 4.79 Å². The molecule has 0 spiro atoms. The average Bonchev–Trinajstić information content (AvgIpc) is 2.83. The minimum absolute atomic E-state index is 0.0507. The van der Waals surface area contributed by atoms with Crippen LogP contribution in [0.1, 0.15) is 5.56 Å². The fourth-order valence-corrected chi connectivity index (χ4v) is 3.10. The summed E-state index contributed by atoms with van der Waals surface area (Å²) in [5, 5.41) is 7.63. The Bertz CT molecular complexity index is 1310. The molecule has 1 aromatic heterocycles. The minimum Gasteiger partial charge on any atom is -0.449 e. The molecule has 4 rings (SSSR count). The first kappa shape index (κ1) is 20.7. The number of ether oxygens (including phenoxy) is 1. The molecular formula is C25H21N5O2. The smallest absolute Gasteiger partial charge is 0.316 e. The molecule has 0 aliphatic rings. The van der Waals surface area contributed by atoms with E-state index in [1.807, 2.05) is 85.8 Å². The van der Waals surface area contributed by atoms with Crippen LogP contribution in [-0.2, 0) is 0 Å². The van der Waals surface area contributed by atoms with E-state index in [1.54, 1.807) is 0 Å². The molecule has 158 valence electrons. The van der Waals surface area contributed by atoms with Crippen molar-refractivity contribution in [1.29, 1.82) is 0 Å². The molecular weight excluding hydrogens is 402 g/mol. The molecule has 32 heavy (non-hydrogen) atoms. The fourth-order valence-electron chi connectivity index (χ4n) is 3.10. The first-order valence-corrected chi connectivity index (χ1v) is 9.94. The molecule has 7 nitrogen and oxygen atoms in total. The van der Waals surface area contributed by atoms with Crippen molar-refractivity contribution < 1.29 is 4.74 Å². The summed E-state index contributed by atoms with van der Waals surface area (Å²) in [6.45, 7) is 1.98. The Labute approximate surface area is 185 Å². The summed E-state index contributed by atoms with van der Waals surface area (Å²) in [5.41, 5.74) is 3.69. The van der Waals surface area contributed by atoms with Crippen LogP contribution < -0.4 is 16.1 Å². The number of nitrogens with zero attached hydrogens (tertiary/aromatic N) is 4. The van der Waals surface area contributed by atoms with Crippen molar-refractivity contribution in [2.24, 2.45) is 15.9 Å². The van der Waals surface area contributed by atoms with Gasteiger partial charge in [-0.1, -0.05) is 60.2 Å². The van der Waals surface area contributed by atoms with Gasteiger partial charge in [0, 0.05) is 6.21 Å². The number of nitrogens with two attached hydrogens (primary N) is 1. The Morgan fingerprint density at radius 2 is 1.59 bits per heavy atom. The Kier molecular flexibility index (Phi) is 6.17. The lowest BCUT2D eigenvalue weighted by Crippen LogP contribution is -2.22. The third-order valence-corrected chi connectivity index (χ3v) is 4.74. The van der Waals surface area contributed by atoms with Gasteiger partial charge in [-0.2, -0.15) is 14.9 Å². The molecule has 7 heteroatoms. The number of hydrogen-bond donors (Lipinski definition) is 1. The third-order valence-electron chi connectivity index (χ3n) is 4.74. The molecule has 0 unspecified atom stereocenters. The van der Waals surface area contributed by atoms with Crippen LogP contribution in [0.4, 0.5) is 5.69 Å². The van der Waals surface area contributed by atoms with E-state index in [4.69, 9.17) is 10.6 Å². The normalized spacial score (nSPS) is 11.3. The van der Waals surface area contributed by atoms with Crippen molar-refractivity contribution in [3.05, 3.63) is 101 Å². The maximum atomic E-state index is 13.2. The topological polar surface area (TPSA) is 94.9 Å². The maximum Gasteiger partial charge on any atom is 0.316 e. The van der Waals surface area contributed by atoms with E-state index < -0.39 is 5.56 Å². The van der Waals surface area contributed by atoms with Gasteiger partial charge < -0.3 is 10.6 Å². The van der Waals surface area contributed by atoms with Gasteiger partial charge in [0.2, 0.25) is 5.75 Å². The van der Waals surface area contributed by atoms with Crippen molar-refractivity contribution in [2.45, 2.75) is 6.92 Å². The first-order valence-electron chi connectivity index (χ1n) is 9.94. The quantitative estimate of drug-likeness (QED) is 0.277. The average molecular weight is 423 g/mol. The molecule has 3 aromatic carbocycles. The van der Waals surface area contributed by atoms with Crippen LogP contribution >= 0.6 is 0 Å². The van der Waals surface area contributed by atoms with Crippen molar-refractivity contribution in [3.63, 3.8) is 0 Å². The van der Waals surface area contributed by atoms with Crippen LogP contribution in [0.15, 0.2) is 99.9 Å². The molecule has 0 saturated carbocycles. The van der Waals surface area contributed by atoms with Crippen LogP contribution in [0.2, 0.25) is 0 Å². The summed E-state index contributed by atoms with van der Waals surface area (Å²) < 4.78 is 7.27. The second-order valence-electron chi connectivity index (χ2n) is 6.98. The Balaban J connectivity index is 1.72. The number of hydrogen-bond acceptors (Lipinski definition) is 6. The van der Waals surface area contributed by atoms with Gasteiger partial charge >= 0.3 is 5.56 Å². The van der Waals surface area contributed by atoms with E-state index in [0.717, 1.165) is 16.7 Å². The van der Waals surface area contributed by atoms with Crippen molar-refractivity contribution in [2.75, 3.05) is 0 Å². The summed E-state index contributed by atoms with van der Waals surface area (Å²) in [6.07, 6.45) is 4.15. The summed E-state index contributed by atoms with van der Waals surface area (Å²) >= 11 is 0. The van der Waals surface area contributed by atoms with Crippen LogP contribution in [0, 0.1) is 6.92 Å². The van der Waals surface area contributed by atoms with Gasteiger partial charge in [-0.25, -0.2) is 4.99 Å². The highest BCUT2D eigenvalue weighted by atomic mass is 16.5. The van der Waals surface area contributed by atoms with E-state index in [-0.39, 0.29) is 11.4 Å². The Morgan fingerprint density at radius 3 is 2.28 bits per heavy atom. The van der Waals surface area contributed by atoms with Crippen LogP contribution in [-0.4, -0.2) is 22.2 Å². The van der Waals surface area contributed by atoms with E-state index in [9.17, 15) is 4.79 Å². The fraction of sp³-hybridized carbons (Fsp3) is 0.0400. The highest BCUT2D eigenvalue weighted by Crippen LogP contribution is 2.29. The van der Waals surface area contributed by atoms with E-state index in [0.29, 0.717) is 11.4 Å². The molecule has 0 aliphatic carbocycles. The number of aromatic nitrogens is 2. The summed E-state index contributed by atoms with van der Waals surface area (Å²) in [7, 11) is 0. The lowest BCUT2D eigenvalue weighted by molar-refractivity contribution is 0.469. The van der Waals surface area contributed by atoms with Gasteiger partial charge in [0.15, 0.2) is 0 Å². The zero-order valence-corrected chi connectivity index (χ0v) is 17.4. The highest BCUT2D eigenvalue weighted by molar-refractivity contribution is 6.16. The van der Waals surface area contributed by atoms with Gasteiger partial charge in [0.05, 0.1) is 18.1 Å². The van der Waals surface area contributed by atoms with Crippen LogP contribution in [0.3, 0.4) is 0 Å². The van der Waals surface area contributed by atoms with Gasteiger partial charge in [-0.15, -0.1) is 0 Å². The number of aryl methyl sites for hydroxylation is 1. The summed E-state index contributed by atoms with van der Waals surface area (Å²) in [4.78, 5) is 17.5. The molecule has 0 bridgehead atoms. The molecule has 0 amide bonds. The second-order valence-corrected chi connectivity index (χ2v) is 6.98. The largest absolute Gasteiger partial charge is 0.449 e. The monoisotopic (exact) mass is 423 g/mol. The summed E-state index contributed by atoms with van der Waals surface area (Å²) in [5.74, 6) is 5.68. The minimum atomic E-state index is -0.430. The van der Waals surface area contributed by atoms with E-state index in [1.165, 1.54) is 23.3 Å². The van der Waals surface area contributed by atoms with Crippen LogP contribution in [0.25, 0.3) is 16.8 Å². The van der Waals surface area contributed by atoms with E-state index >= 15 is 0 Å². The van der Waals surface area contributed by atoms with Crippen molar-refractivity contribution >= 4 is 18.1 Å². The zero-order valence-electron chi connectivity index (χ0n) is 17.4. The maximum absolute atomic E-state index is 13.2. The lowest BCUT2D eigenvalue weighted by atomic mass is 10.1. The predicted octanol–water partition coefficient (Wildman–Crippen LogP) is 4.65. The molecule has 4 aromatic rings. The SMILES string of the molecule is Cc1ccc(-n2ncc(N=CC=NN)c(Oc3ccc(-c4ccccc4)cc3)c2=O)cc1. The number of hydrazone groups is 1. The molecule has 0 atom stereocenters. The highest BCUT2D eigenvalue weighted by Gasteiger charge is 2.15. The molecule has 0 saturated heterocycles. The standard InChI is InChI=1S/C25H21N5O2/c1-18-7-11-21(12-8-18)30-25(31)24(23(17-29-30)27-15-16-28-26)32-22-13-9-20(10-14-22)19-5-3-2-4-6-19/h2-17H,26H2,1H3. The number of rotatable bonds is 6. The van der Waals surface area contributed by atoms with E-state index in [2.05, 4.69) is 15.2 Å². The molecule has 0 radical (unpaired) electrons. The molecule has 0 fully saturated rings. The molecule has 0 aliphatic heterocycles. The Hall–Kier alpha value is -4.52. The van der Waals surface area contributed by atoms with Gasteiger partial charge in [0.25, 0.3) is 0 Å². The van der Waals surface area contributed by atoms with Crippen molar-refractivity contribution in [1.82, 2.24) is 9.78 Å². The molecule has 2 N–H and O–H groups in total. The first-order chi connectivity index (χ1) is 15.7. The van der Waals surface area contributed by atoms with Crippen molar-refractivity contribution in [3.8, 4) is 28.3 Å². The summed E-state index contributed by atoms with van der Waals surface area (Å²) in [6, 6.07) is 25.0. The number of aliphatic imine (C=N–C) groups is 1. The van der Waals surface area contributed by atoms with Gasteiger partial charge in [0.1, 0.15) is 11.4 Å². The van der Waals surface area contributed by atoms with Crippen LogP contribution in [0.5, 0.6) is 11.5 Å². The Morgan fingerprint density at radius 1 is 0.906 bits per heavy atom. The zero-order chi connectivity index (χ0) is 22.3. The third kappa shape index (κ3) is 4.62.